The molecule has 3 N–H and O–H groups in total. The lowest BCUT2D eigenvalue weighted by molar-refractivity contribution is -0.137. The number of anilines is 2. The van der Waals surface area contributed by atoms with E-state index in [4.69, 9.17) is 23.2 Å². The quantitative estimate of drug-likeness (QED) is 0.411. The molecule has 2 aromatic carbocycles. The number of carbonyl (C=O) groups excluding carboxylic acids is 2. The van der Waals surface area contributed by atoms with Crippen LogP contribution in [0.25, 0.3) is 0 Å². The third kappa shape index (κ3) is 6.59. The Morgan fingerprint density at radius 3 is 2.59 bits per heavy atom. The molecule has 0 spiro atoms. The third-order valence-corrected chi connectivity index (χ3v) is 5.38. The summed E-state index contributed by atoms with van der Waals surface area (Å²) in [6, 6.07) is 9.48. The maximum atomic E-state index is 12.7. The van der Waals surface area contributed by atoms with Gasteiger partial charge in [0.1, 0.15) is 5.69 Å². The highest BCUT2D eigenvalue weighted by Gasteiger charge is 2.30. The second kappa shape index (κ2) is 10.2. The lowest BCUT2D eigenvalue weighted by atomic mass is 10.1. The van der Waals surface area contributed by atoms with Crippen LogP contribution in [0.1, 0.15) is 21.6 Å². The standard InChI is InChI=1S/C20H15Cl2F3N4O2S/c21-13-4-5-14(22)15(7-13)28-19-29-16(10-32-19)18(31)27-9-17(30)26-8-11-2-1-3-12(6-11)20(23,24)25/h1-7,10H,8-9H2,(H,26,30)(H,27,31)(H,28,29). The number of amides is 2. The Labute approximate surface area is 194 Å². The molecule has 1 heterocycles. The van der Waals surface area contributed by atoms with Gasteiger partial charge in [0.25, 0.3) is 5.91 Å². The summed E-state index contributed by atoms with van der Waals surface area (Å²) in [5.74, 6) is -1.14. The van der Waals surface area contributed by atoms with Crippen molar-refractivity contribution in [3.63, 3.8) is 0 Å². The van der Waals surface area contributed by atoms with Gasteiger partial charge >= 0.3 is 6.18 Å². The molecule has 0 fully saturated rings. The Morgan fingerprint density at radius 1 is 1.06 bits per heavy atom. The van der Waals surface area contributed by atoms with E-state index in [1.54, 1.807) is 18.2 Å². The smallest absolute Gasteiger partial charge is 0.350 e. The lowest BCUT2D eigenvalue weighted by Gasteiger charge is -2.10. The van der Waals surface area contributed by atoms with Gasteiger partial charge in [0.15, 0.2) is 5.13 Å². The van der Waals surface area contributed by atoms with Gasteiger partial charge in [-0.15, -0.1) is 11.3 Å². The first kappa shape index (κ1) is 23.8. The normalized spacial score (nSPS) is 11.2. The first-order valence-corrected chi connectivity index (χ1v) is 10.6. The highest BCUT2D eigenvalue weighted by atomic mass is 35.5. The van der Waals surface area contributed by atoms with E-state index in [1.807, 2.05) is 0 Å². The van der Waals surface area contributed by atoms with Gasteiger partial charge in [0, 0.05) is 16.9 Å². The number of aromatic nitrogens is 1. The summed E-state index contributed by atoms with van der Waals surface area (Å²) < 4.78 is 38.2. The van der Waals surface area contributed by atoms with Crippen molar-refractivity contribution >= 4 is 57.2 Å². The molecule has 0 atom stereocenters. The van der Waals surface area contributed by atoms with Gasteiger partial charge in [-0.05, 0) is 35.9 Å². The highest BCUT2D eigenvalue weighted by molar-refractivity contribution is 7.14. The van der Waals surface area contributed by atoms with E-state index in [1.165, 1.54) is 17.5 Å². The first-order valence-electron chi connectivity index (χ1n) is 9.00. The summed E-state index contributed by atoms with van der Waals surface area (Å²) in [6.07, 6.45) is -4.46. The van der Waals surface area contributed by atoms with Crippen LogP contribution in [-0.4, -0.2) is 23.3 Å². The molecule has 6 nitrogen and oxygen atoms in total. The topological polar surface area (TPSA) is 83.1 Å². The second-order valence-corrected chi connectivity index (χ2v) is 8.15. The summed E-state index contributed by atoms with van der Waals surface area (Å²) in [7, 11) is 0. The average Bonchev–Trinajstić information content (AvgIpc) is 3.21. The molecule has 0 unspecified atom stereocenters. The van der Waals surface area contributed by atoms with Crippen LogP contribution in [0.15, 0.2) is 47.8 Å². The van der Waals surface area contributed by atoms with Gasteiger partial charge in [-0.3, -0.25) is 9.59 Å². The van der Waals surface area contributed by atoms with Crippen LogP contribution in [0.5, 0.6) is 0 Å². The van der Waals surface area contributed by atoms with Crippen LogP contribution in [0.3, 0.4) is 0 Å². The predicted octanol–water partition coefficient (Wildman–Crippen LogP) is 5.26. The minimum absolute atomic E-state index is 0.0846. The fourth-order valence-electron chi connectivity index (χ4n) is 2.52. The van der Waals surface area contributed by atoms with Crippen LogP contribution in [0.4, 0.5) is 24.0 Å². The number of nitrogens with one attached hydrogen (secondary N) is 3. The van der Waals surface area contributed by atoms with Crippen molar-refractivity contribution in [3.05, 3.63) is 74.7 Å². The monoisotopic (exact) mass is 502 g/mol. The van der Waals surface area contributed by atoms with E-state index in [2.05, 4.69) is 20.9 Å². The molecule has 0 saturated heterocycles. The number of rotatable bonds is 7. The molecule has 0 aliphatic carbocycles. The van der Waals surface area contributed by atoms with E-state index in [0.717, 1.165) is 23.5 Å². The van der Waals surface area contributed by atoms with Crippen LogP contribution in [-0.2, 0) is 17.5 Å². The number of carbonyl (C=O) groups is 2. The number of benzene rings is 2. The zero-order valence-electron chi connectivity index (χ0n) is 16.1. The summed E-state index contributed by atoms with van der Waals surface area (Å²) >= 11 is 13.2. The average molecular weight is 503 g/mol. The van der Waals surface area contributed by atoms with Crippen LogP contribution in [0.2, 0.25) is 10.0 Å². The number of nitrogens with zero attached hydrogens (tertiary/aromatic N) is 1. The molecule has 0 bridgehead atoms. The third-order valence-electron chi connectivity index (χ3n) is 4.06. The van der Waals surface area contributed by atoms with Gasteiger partial charge in [-0.1, -0.05) is 35.3 Å². The predicted molar refractivity (Wildman–Crippen MR) is 117 cm³/mol. The molecule has 0 radical (unpaired) electrons. The van der Waals surface area contributed by atoms with Gasteiger partial charge < -0.3 is 16.0 Å². The summed E-state index contributed by atoms with van der Waals surface area (Å²) in [5.41, 5.74) is 0.0923. The molecule has 32 heavy (non-hydrogen) atoms. The highest BCUT2D eigenvalue weighted by Crippen LogP contribution is 2.30. The Kier molecular flexibility index (Phi) is 7.60. The number of hydrogen-bond acceptors (Lipinski definition) is 5. The van der Waals surface area contributed by atoms with Gasteiger partial charge in [-0.2, -0.15) is 13.2 Å². The molecule has 168 valence electrons. The fourth-order valence-corrected chi connectivity index (χ4v) is 3.56. The molecule has 2 amide bonds. The summed E-state index contributed by atoms with van der Waals surface area (Å²) in [5, 5.41) is 10.6. The zero-order chi connectivity index (χ0) is 23.3. The Balaban J connectivity index is 1.49. The van der Waals surface area contributed by atoms with E-state index >= 15 is 0 Å². The first-order chi connectivity index (χ1) is 15.1. The molecular formula is C20H15Cl2F3N4O2S. The summed E-state index contributed by atoms with van der Waals surface area (Å²) in [6.45, 7) is -0.470. The van der Waals surface area contributed by atoms with Crippen molar-refractivity contribution in [3.8, 4) is 0 Å². The lowest BCUT2D eigenvalue weighted by Crippen LogP contribution is -2.36. The Morgan fingerprint density at radius 2 is 1.84 bits per heavy atom. The number of thiazole rings is 1. The maximum absolute atomic E-state index is 12.7. The Bertz CT molecular complexity index is 1140. The van der Waals surface area contributed by atoms with Crippen molar-refractivity contribution in [2.24, 2.45) is 0 Å². The van der Waals surface area contributed by atoms with Crippen molar-refractivity contribution in [2.75, 3.05) is 11.9 Å². The largest absolute Gasteiger partial charge is 0.416 e. The molecule has 12 heteroatoms. The fraction of sp³-hybridized carbons (Fsp3) is 0.150. The van der Waals surface area contributed by atoms with Crippen LogP contribution < -0.4 is 16.0 Å². The van der Waals surface area contributed by atoms with Crippen molar-refractivity contribution in [2.45, 2.75) is 12.7 Å². The minimum Gasteiger partial charge on any atom is -0.350 e. The molecule has 0 aliphatic rings. The molecule has 0 saturated carbocycles. The summed E-state index contributed by atoms with van der Waals surface area (Å²) in [4.78, 5) is 28.3. The van der Waals surface area contributed by atoms with Gasteiger partial charge in [0.2, 0.25) is 5.91 Å². The van der Waals surface area contributed by atoms with Crippen molar-refractivity contribution < 1.29 is 22.8 Å². The SMILES string of the molecule is O=C(CNC(=O)c1csc(Nc2cc(Cl)ccc2Cl)n1)NCc1cccc(C(F)(F)F)c1. The van der Waals surface area contributed by atoms with Crippen LogP contribution in [0, 0.1) is 0 Å². The van der Waals surface area contributed by atoms with E-state index in [0.29, 0.717) is 20.9 Å². The zero-order valence-corrected chi connectivity index (χ0v) is 18.4. The molecule has 0 aliphatic heterocycles. The molecule has 3 rings (SSSR count). The number of hydrogen-bond donors (Lipinski definition) is 3. The number of alkyl halides is 3. The van der Waals surface area contributed by atoms with E-state index < -0.39 is 23.6 Å². The second-order valence-electron chi connectivity index (χ2n) is 6.44. The molecular weight excluding hydrogens is 488 g/mol. The van der Waals surface area contributed by atoms with Crippen molar-refractivity contribution in [1.29, 1.82) is 0 Å². The minimum atomic E-state index is -4.46. The van der Waals surface area contributed by atoms with E-state index in [-0.39, 0.29) is 24.3 Å². The van der Waals surface area contributed by atoms with Gasteiger partial charge in [0.05, 0.1) is 22.8 Å². The molecule has 1 aromatic heterocycles. The van der Waals surface area contributed by atoms with Gasteiger partial charge in [-0.25, -0.2) is 4.98 Å². The Hall–Kier alpha value is -2.82. The maximum Gasteiger partial charge on any atom is 0.416 e. The molecule has 3 aromatic rings. The van der Waals surface area contributed by atoms with Crippen LogP contribution >= 0.6 is 34.5 Å². The van der Waals surface area contributed by atoms with E-state index in [9.17, 15) is 22.8 Å². The van der Waals surface area contributed by atoms with Crippen molar-refractivity contribution in [1.82, 2.24) is 15.6 Å². The number of halogens is 5.